The van der Waals surface area contributed by atoms with Crippen molar-refractivity contribution in [3.05, 3.63) is 42.0 Å². The predicted octanol–water partition coefficient (Wildman–Crippen LogP) is 4.65. The van der Waals surface area contributed by atoms with Crippen molar-refractivity contribution in [2.24, 2.45) is 5.92 Å². The summed E-state index contributed by atoms with van der Waals surface area (Å²) < 4.78 is 5.25. The first-order valence-electron chi connectivity index (χ1n) is 7.29. The van der Waals surface area contributed by atoms with Crippen molar-refractivity contribution in [2.75, 3.05) is 7.11 Å². The third kappa shape index (κ3) is 2.36. The van der Waals surface area contributed by atoms with Crippen LogP contribution in [-0.2, 0) is 0 Å². The highest BCUT2D eigenvalue weighted by Gasteiger charge is 2.26. The SMILES string of the molecule is COc1ccc2cc([C@H](C#N)C3CCCC3)ccc2c1. The molecule has 1 fully saturated rings. The van der Waals surface area contributed by atoms with Crippen molar-refractivity contribution in [1.82, 2.24) is 0 Å². The topological polar surface area (TPSA) is 33.0 Å². The van der Waals surface area contributed by atoms with Gasteiger partial charge in [0.2, 0.25) is 0 Å². The molecule has 3 rings (SSSR count). The molecule has 2 aromatic carbocycles. The van der Waals surface area contributed by atoms with Gasteiger partial charge >= 0.3 is 0 Å². The van der Waals surface area contributed by atoms with Gasteiger partial charge in [-0.2, -0.15) is 5.26 Å². The summed E-state index contributed by atoms with van der Waals surface area (Å²) in [7, 11) is 1.68. The average Bonchev–Trinajstić information content (AvgIpc) is 3.01. The Morgan fingerprint density at radius 1 is 1.10 bits per heavy atom. The normalized spacial score (nSPS) is 17.0. The van der Waals surface area contributed by atoms with Gasteiger partial charge in [-0.15, -0.1) is 0 Å². The van der Waals surface area contributed by atoms with Gasteiger partial charge in [0, 0.05) is 0 Å². The van der Waals surface area contributed by atoms with E-state index in [2.05, 4.69) is 30.3 Å². The molecule has 1 atom stereocenters. The van der Waals surface area contributed by atoms with E-state index in [1.807, 2.05) is 12.1 Å². The molecule has 2 heteroatoms. The van der Waals surface area contributed by atoms with Crippen LogP contribution in [0.5, 0.6) is 5.75 Å². The molecular formula is C18H19NO. The molecule has 20 heavy (non-hydrogen) atoms. The summed E-state index contributed by atoms with van der Waals surface area (Å²) in [5.41, 5.74) is 1.16. The minimum atomic E-state index is 0.0454. The predicted molar refractivity (Wildman–Crippen MR) is 80.8 cm³/mol. The van der Waals surface area contributed by atoms with E-state index >= 15 is 0 Å². The first kappa shape index (κ1) is 13.0. The second-order valence-electron chi connectivity index (χ2n) is 5.62. The Kier molecular flexibility index (Phi) is 3.60. The molecule has 102 valence electrons. The maximum atomic E-state index is 9.52. The highest BCUT2D eigenvalue weighted by atomic mass is 16.5. The van der Waals surface area contributed by atoms with Crippen LogP contribution >= 0.6 is 0 Å². The lowest BCUT2D eigenvalue weighted by atomic mass is 9.85. The van der Waals surface area contributed by atoms with Crippen molar-refractivity contribution in [3.8, 4) is 11.8 Å². The maximum absolute atomic E-state index is 9.52. The van der Waals surface area contributed by atoms with Gasteiger partial charge in [0.15, 0.2) is 0 Å². The molecule has 1 aliphatic carbocycles. The Bertz CT molecular complexity index is 650. The molecular weight excluding hydrogens is 246 g/mol. The zero-order chi connectivity index (χ0) is 13.9. The summed E-state index contributed by atoms with van der Waals surface area (Å²) in [6.07, 6.45) is 4.93. The minimum Gasteiger partial charge on any atom is -0.497 e. The van der Waals surface area contributed by atoms with Crippen LogP contribution in [0.15, 0.2) is 36.4 Å². The summed E-state index contributed by atoms with van der Waals surface area (Å²) >= 11 is 0. The van der Waals surface area contributed by atoms with Gasteiger partial charge in [-0.1, -0.05) is 31.0 Å². The first-order valence-corrected chi connectivity index (χ1v) is 7.29. The second-order valence-corrected chi connectivity index (χ2v) is 5.62. The molecule has 1 saturated carbocycles. The Labute approximate surface area is 120 Å². The summed E-state index contributed by atoms with van der Waals surface area (Å²) in [6, 6.07) is 15.0. The minimum absolute atomic E-state index is 0.0454. The van der Waals surface area contributed by atoms with Gasteiger partial charge < -0.3 is 4.74 Å². The highest BCUT2D eigenvalue weighted by Crippen LogP contribution is 2.37. The standard InChI is InChI=1S/C18H19NO/c1-20-17-9-8-14-10-16(7-6-15(14)11-17)18(12-19)13-4-2-3-5-13/h6-11,13,18H,2-5H2,1H3/t18-/m1/s1. The Hall–Kier alpha value is -2.01. The van der Waals surface area contributed by atoms with Crippen molar-refractivity contribution in [1.29, 1.82) is 5.26 Å². The molecule has 0 spiro atoms. The van der Waals surface area contributed by atoms with Crippen molar-refractivity contribution >= 4 is 10.8 Å². The van der Waals surface area contributed by atoms with Gasteiger partial charge in [0.25, 0.3) is 0 Å². The third-order valence-electron chi connectivity index (χ3n) is 4.44. The molecule has 0 heterocycles. The summed E-state index contributed by atoms with van der Waals surface area (Å²) in [5, 5.41) is 11.9. The number of methoxy groups -OCH3 is 1. The summed E-state index contributed by atoms with van der Waals surface area (Å²) in [4.78, 5) is 0. The van der Waals surface area contributed by atoms with E-state index in [1.165, 1.54) is 31.1 Å². The van der Waals surface area contributed by atoms with E-state index in [0.717, 1.165) is 16.7 Å². The van der Waals surface area contributed by atoms with Crippen LogP contribution in [0.25, 0.3) is 10.8 Å². The fourth-order valence-corrected chi connectivity index (χ4v) is 3.31. The van der Waals surface area contributed by atoms with Crippen molar-refractivity contribution < 1.29 is 4.74 Å². The highest BCUT2D eigenvalue weighted by molar-refractivity contribution is 5.84. The molecule has 2 nitrogen and oxygen atoms in total. The Morgan fingerprint density at radius 3 is 2.50 bits per heavy atom. The van der Waals surface area contributed by atoms with Gasteiger partial charge in [0.1, 0.15) is 5.75 Å². The monoisotopic (exact) mass is 265 g/mol. The van der Waals surface area contributed by atoms with E-state index in [4.69, 9.17) is 4.74 Å². The van der Waals surface area contributed by atoms with Crippen LogP contribution < -0.4 is 4.74 Å². The lowest BCUT2D eigenvalue weighted by Crippen LogP contribution is -2.07. The van der Waals surface area contributed by atoms with E-state index in [0.29, 0.717) is 5.92 Å². The fourth-order valence-electron chi connectivity index (χ4n) is 3.31. The number of nitriles is 1. The number of nitrogens with zero attached hydrogens (tertiary/aromatic N) is 1. The van der Waals surface area contributed by atoms with Gasteiger partial charge in [-0.25, -0.2) is 0 Å². The van der Waals surface area contributed by atoms with Crippen LogP contribution in [-0.4, -0.2) is 7.11 Å². The van der Waals surface area contributed by atoms with Crippen LogP contribution in [0.4, 0.5) is 0 Å². The molecule has 0 aromatic heterocycles. The lowest BCUT2D eigenvalue weighted by molar-refractivity contribution is 0.415. The Balaban J connectivity index is 1.97. The molecule has 0 radical (unpaired) electrons. The average molecular weight is 265 g/mol. The molecule has 0 amide bonds. The van der Waals surface area contributed by atoms with Crippen molar-refractivity contribution in [3.63, 3.8) is 0 Å². The smallest absolute Gasteiger partial charge is 0.119 e. The summed E-state index contributed by atoms with van der Waals surface area (Å²) in [6.45, 7) is 0. The van der Waals surface area contributed by atoms with Crippen LogP contribution in [0.1, 0.15) is 37.2 Å². The van der Waals surface area contributed by atoms with E-state index in [1.54, 1.807) is 7.11 Å². The van der Waals surface area contributed by atoms with Crippen LogP contribution in [0.3, 0.4) is 0 Å². The summed E-state index contributed by atoms with van der Waals surface area (Å²) in [5.74, 6) is 1.46. The lowest BCUT2D eigenvalue weighted by Gasteiger charge is -2.17. The molecule has 1 aliphatic rings. The van der Waals surface area contributed by atoms with Gasteiger partial charge in [0.05, 0.1) is 19.1 Å². The number of hydrogen-bond donors (Lipinski definition) is 0. The maximum Gasteiger partial charge on any atom is 0.119 e. The molecule has 2 aromatic rings. The van der Waals surface area contributed by atoms with Gasteiger partial charge in [-0.05, 0) is 53.3 Å². The number of rotatable bonds is 3. The first-order chi connectivity index (χ1) is 9.81. The second kappa shape index (κ2) is 5.54. The van der Waals surface area contributed by atoms with Gasteiger partial charge in [-0.3, -0.25) is 0 Å². The quantitative estimate of drug-likeness (QED) is 0.809. The van der Waals surface area contributed by atoms with E-state index < -0.39 is 0 Å². The van der Waals surface area contributed by atoms with Crippen molar-refractivity contribution in [2.45, 2.75) is 31.6 Å². The molecule has 0 aliphatic heterocycles. The number of fused-ring (bicyclic) bond motifs is 1. The molecule has 0 bridgehead atoms. The zero-order valence-electron chi connectivity index (χ0n) is 11.8. The number of benzene rings is 2. The number of hydrogen-bond acceptors (Lipinski definition) is 2. The fraction of sp³-hybridized carbons (Fsp3) is 0.389. The molecule has 0 unspecified atom stereocenters. The van der Waals surface area contributed by atoms with E-state index in [9.17, 15) is 5.26 Å². The molecule has 0 N–H and O–H groups in total. The molecule has 0 saturated heterocycles. The number of ether oxygens (including phenoxy) is 1. The largest absolute Gasteiger partial charge is 0.497 e. The third-order valence-corrected chi connectivity index (χ3v) is 4.44. The van der Waals surface area contributed by atoms with E-state index in [-0.39, 0.29) is 5.92 Å². The van der Waals surface area contributed by atoms with Crippen LogP contribution in [0, 0.1) is 17.2 Å². The van der Waals surface area contributed by atoms with Crippen LogP contribution in [0.2, 0.25) is 0 Å². The zero-order valence-corrected chi connectivity index (χ0v) is 11.8. The Morgan fingerprint density at radius 2 is 1.80 bits per heavy atom.